The van der Waals surface area contributed by atoms with Gasteiger partial charge in [0.15, 0.2) is 17.4 Å². The van der Waals surface area contributed by atoms with Gasteiger partial charge in [0.2, 0.25) is 0 Å². The Balaban J connectivity index is 1.60. The van der Waals surface area contributed by atoms with Gasteiger partial charge >= 0.3 is 0 Å². The highest BCUT2D eigenvalue weighted by molar-refractivity contribution is 5.79. The number of aromatic nitrogens is 3. The minimum atomic E-state index is 0.532. The number of likely N-dealkylation sites (N-methyl/N-ethyl adjacent to an activating group) is 1. The number of aliphatic imine (C=N–C) groups is 1. The van der Waals surface area contributed by atoms with Crippen molar-refractivity contribution in [1.29, 1.82) is 0 Å². The van der Waals surface area contributed by atoms with Crippen LogP contribution < -0.4 is 15.4 Å². The van der Waals surface area contributed by atoms with Crippen molar-refractivity contribution in [2.45, 2.75) is 20.0 Å². The van der Waals surface area contributed by atoms with E-state index in [0.717, 1.165) is 41.8 Å². The van der Waals surface area contributed by atoms with Gasteiger partial charge in [-0.2, -0.15) is 0 Å². The SMILES string of the molecule is CCNC(=NCc1cccc(OCCN(C)C)c1)NCc1nnc2ccccn12. The topological polar surface area (TPSA) is 79.1 Å². The van der Waals surface area contributed by atoms with Gasteiger partial charge in [0.25, 0.3) is 0 Å². The third kappa shape index (κ3) is 6.18. The highest BCUT2D eigenvalue weighted by Gasteiger charge is 2.06. The molecule has 0 saturated carbocycles. The summed E-state index contributed by atoms with van der Waals surface area (Å²) >= 11 is 0. The molecule has 154 valence electrons. The largest absolute Gasteiger partial charge is 0.492 e. The van der Waals surface area contributed by atoms with Crippen LogP contribution in [0, 0.1) is 0 Å². The molecule has 3 aromatic rings. The quantitative estimate of drug-likeness (QED) is 0.426. The molecule has 0 fully saturated rings. The standard InChI is InChI=1S/C21H29N7O/c1-4-22-21(24-16-20-26-25-19-10-5-6-11-28(19)20)23-15-17-8-7-9-18(14-17)29-13-12-27(2)3/h5-11,14H,4,12-13,15-16H2,1-3H3,(H2,22,23,24). The van der Waals surface area contributed by atoms with Crippen molar-refractivity contribution in [3.8, 4) is 5.75 Å². The molecule has 29 heavy (non-hydrogen) atoms. The molecule has 0 radical (unpaired) electrons. The van der Waals surface area contributed by atoms with Crippen LogP contribution in [0.2, 0.25) is 0 Å². The van der Waals surface area contributed by atoms with E-state index in [1.165, 1.54) is 0 Å². The van der Waals surface area contributed by atoms with Crippen LogP contribution in [0.5, 0.6) is 5.75 Å². The number of nitrogens with one attached hydrogen (secondary N) is 2. The first-order valence-electron chi connectivity index (χ1n) is 9.83. The zero-order valence-corrected chi connectivity index (χ0v) is 17.3. The summed E-state index contributed by atoms with van der Waals surface area (Å²) in [5.74, 6) is 2.44. The van der Waals surface area contributed by atoms with Crippen LogP contribution in [-0.2, 0) is 13.1 Å². The van der Waals surface area contributed by atoms with E-state index in [1.807, 2.05) is 68.0 Å². The molecule has 1 aromatic carbocycles. The van der Waals surface area contributed by atoms with Crippen molar-refractivity contribution in [2.75, 3.05) is 33.8 Å². The summed E-state index contributed by atoms with van der Waals surface area (Å²) in [6, 6.07) is 13.9. The molecule has 0 aliphatic heterocycles. The second kappa shape index (κ2) is 10.4. The van der Waals surface area contributed by atoms with E-state index in [1.54, 1.807) is 0 Å². The predicted octanol–water partition coefficient (Wildman–Crippen LogP) is 1.92. The van der Waals surface area contributed by atoms with Gasteiger partial charge in [-0.15, -0.1) is 10.2 Å². The third-order valence-electron chi connectivity index (χ3n) is 4.27. The number of benzene rings is 1. The van der Waals surface area contributed by atoms with Gasteiger partial charge in [0, 0.05) is 19.3 Å². The number of nitrogens with zero attached hydrogens (tertiary/aromatic N) is 5. The predicted molar refractivity (Wildman–Crippen MR) is 115 cm³/mol. The molecule has 0 bridgehead atoms. The van der Waals surface area contributed by atoms with E-state index in [2.05, 4.69) is 36.8 Å². The van der Waals surface area contributed by atoms with Gasteiger partial charge in [0.05, 0.1) is 13.1 Å². The van der Waals surface area contributed by atoms with Gasteiger partial charge in [-0.1, -0.05) is 18.2 Å². The average molecular weight is 396 g/mol. The Bertz CT molecular complexity index is 935. The third-order valence-corrected chi connectivity index (χ3v) is 4.27. The number of guanidine groups is 1. The lowest BCUT2D eigenvalue weighted by molar-refractivity contribution is 0.261. The lowest BCUT2D eigenvalue weighted by Gasteiger charge is -2.12. The van der Waals surface area contributed by atoms with Crippen LogP contribution in [0.15, 0.2) is 53.7 Å². The Kier molecular flexibility index (Phi) is 7.40. The maximum absolute atomic E-state index is 5.81. The fourth-order valence-electron chi connectivity index (χ4n) is 2.77. The van der Waals surface area contributed by atoms with E-state index < -0.39 is 0 Å². The Hall–Kier alpha value is -3.13. The van der Waals surface area contributed by atoms with Crippen LogP contribution in [0.3, 0.4) is 0 Å². The molecule has 0 saturated heterocycles. The average Bonchev–Trinajstić information content (AvgIpc) is 3.13. The minimum absolute atomic E-state index is 0.532. The van der Waals surface area contributed by atoms with Crippen molar-refractivity contribution in [3.63, 3.8) is 0 Å². The van der Waals surface area contributed by atoms with Crippen molar-refractivity contribution in [1.82, 2.24) is 30.1 Å². The molecular weight excluding hydrogens is 366 g/mol. The summed E-state index contributed by atoms with van der Waals surface area (Å²) in [5.41, 5.74) is 1.93. The first-order valence-corrected chi connectivity index (χ1v) is 9.83. The Morgan fingerprint density at radius 3 is 2.86 bits per heavy atom. The van der Waals surface area contributed by atoms with Crippen LogP contribution in [-0.4, -0.2) is 59.2 Å². The first kappa shape index (κ1) is 20.6. The summed E-state index contributed by atoms with van der Waals surface area (Å²) < 4.78 is 7.77. The van der Waals surface area contributed by atoms with E-state index in [-0.39, 0.29) is 0 Å². The van der Waals surface area contributed by atoms with Crippen molar-refractivity contribution in [2.24, 2.45) is 4.99 Å². The van der Waals surface area contributed by atoms with Gasteiger partial charge in [-0.05, 0) is 50.8 Å². The van der Waals surface area contributed by atoms with Crippen molar-refractivity contribution >= 4 is 11.6 Å². The molecule has 2 heterocycles. The maximum atomic E-state index is 5.81. The number of pyridine rings is 1. The molecule has 0 atom stereocenters. The van der Waals surface area contributed by atoms with Crippen LogP contribution in [0.25, 0.3) is 5.65 Å². The fraction of sp³-hybridized carbons (Fsp3) is 0.381. The molecular formula is C21H29N7O. The molecule has 3 rings (SSSR count). The van der Waals surface area contributed by atoms with Gasteiger partial charge in [-0.25, -0.2) is 4.99 Å². The number of hydrogen-bond acceptors (Lipinski definition) is 5. The number of fused-ring (bicyclic) bond motifs is 1. The summed E-state index contributed by atoms with van der Waals surface area (Å²) in [6.45, 7) is 5.46. The van der Waals surface area contributed by atoms with Crippen molar-refractivity contribution in [3.05, 3.63) is 60.0 Å². The van der Waals surface area contributed by atoms with E-state index in [0.29, 0.717) is 19.7 Å². The second-order valence-corrected chi connectivity index (χ2v) is 6.89. The molecule has 0 unspecified atom stereocenters. The lowest BCUT2D eigenvalue weighted by atomic mass is 10.2. The molecule has 8 nitrogen and oxygen atoms in total. The molecule has 2 N–H and O–H groups in total. The van der Waals surface area contributed by atoms with Crippen LogP contribution in [0.4, 0.5) is 0 Å². The Labute approximate surface area is 171 Å². The molecule has 2 aromatic heterocycles. The Morgan fingerprint density at radius 2 is 2.03 bits per heavy atom. The lowest BCUT2D eigenvalue weighted by Crippen LogP contribution is -2.37. The normalized spacial score (nSPS) is 11.8. The van der Waals surface area contributed by atoms with Crippen LogP contribution >= 0.6 is 0 Å². The monoisotopic (exact) mass is 395 g/mol. The highest BCUT2D eigenvalue weighted by Crippen LogP contribution is 2.14. The van der Waals surface area contributed by atoms with Crippen LogP contribution in [0.1, 0.15) is 18.3 Å². The number of hydrogen-bond donors (Lipinski definition) is 2. The van der Waals surface area contributed by atoms with Gasteiger partial charge in [-0.3, -0.25) is 4.40 Å². The van der Waals surface area contributed by atoms with Crippen molar-refractivity contribution < 1.29 is 4.74 Å². The number of rotatable bonds is 9. The summed E-state index contributed by atoms with van der Waals surface area (Å²) in [4.78, 5) is 6.78. The first-order chi connectivity index (χ1) is 14.2. The summed E-state index contributed by atoms with van der Waals surface area (Å²) in [5, 5.41) is 15.0. The summed E-state index contributed by atoms with van der Waals surface area (Å²) in [6.07, 6.45) is 1.96. The van der Waals surface area contributed by atoms with E-state index in [9.17, 15) is 0 Å². The highest BCUT2D eigenvalue weighted by atomic mass is 16.5. The molecule has 0 aliphatic carbocycles. The molecule has 0 spiro atoms. The van der Waals surface area contributed by atoms with Gasteiger partial charge < -0.3 is 20.3 Å². The van der Waals surface area contributed by atoms with E-state index >= 15 is 0 Å². The van der Waals surface area contributed by atoms with E-state index in [4.69, 9.17) is 4.74 Å². The van der Waals surface area contributed by atoms with Gasteiger partial charge in [0.1, 0.15) is 12.4 Å². The number of ether oxygens (including phenoxy) is 1. The smallest absolute Gasteiger partial charge is 0.191 e. The molecule has 0 amide bonds. The maximum Gasteiger partial charge on any atom is 0.191 e. The summed E-state index contributed by atoms with van der Waals surface area (Å²) in [7, 11) is 4.07. The molecule has 0 aliphatic rings. The minimum Gasteiger partial charge on any atom is -0.492 e. The zero-order valence-electron chi connectivity index (χ0n) is 17.3. The Morgan fingerprint density at radius 1 is 1.14 bits per heavy atom. The molecule has 8 heteroatoms. The second-order valence-electron chi connectivity index (χ2n) is 6.89. The fourth-order valence-corrected chi connectivity index (χ4v) is 2.77. The zero-order chi connectivity index (χ0) is 20.5.